The number of hydrogen-bond acceptors (Lipinski definition) is 4. The van der Waals surface area contributed by atoms with Crippen molar-refractivity contribution in [3.8, 4) is 0 Å². The van der Waals surface area contributed by atoms with E-state index in [1.807, 2.05) is 0 Å². The number of amides is 2. The molecule has 0 atom stereocenters. The van der Waals surface area contributed by atoms with Gasteiger partial charge in [-0.2, -0.15) is 0 Å². The first-order valence-corrected chi connectivity index (χ1v) is 10.0. The van der Waals surface area contributed by atoms with Gasteiger partial charge in [-0.1, -0.05) is 46.4 Å². The summed E-state index contributed by atoms with van der Waals surface area (Å²) in [4.78, 5) is 36.5. The summed E-state index contributed by atoms with van der Waals surface area (Å²) in [5, 5.41) is 17.4. The van der Waals surface area contributed by atoms with Crippen molar-refractivity contribution in [3.63, 3.8) is 0 Å². The molecule has 0 bridgehead atoms. The molecule has 158 valence electrons. The van der Waals surface area contributed by atoms with Crippen LogP contribution < -0.4 is 15.7 Å². The monoisotopic (exact) mass is 495 g/mol. The van der Waals surface area contributed by atoms with E-state index in [-0.39, 0.29) is 38.1 Å². The highest BCUT2D eigenvalue weighted by atomic mass is 35.5. The lowest BCUT2D eigenvalue weighted by Crippen LogP contribution is -2.23. The summed E-state index contributed by atoms with van der Waals surface area (Å²) >= 11 is 23.7. The average Bonchev–Trinajstić information content (AvgIpc) is 2.67. The zero-order valence-corrected chi connectivity index (χ0v) is 18.4. The van der Waals surface area contributed by atoms with E-state index in [0.717, 1.165) is 0 Å². The maximum atomic E-state index is 12.5. The summed E-state index contributed by atoms with van der Waals surface area (Å²) in [5.41, 5.74) is 0.176. The zero-order valence-electron chi connectivity index (χ0n) is 15.3. The Hall–Kier alpha value is -2.77. The minimum Gasteiger partial charge on any atom is -0.545 e. The highest BCUT2D eigenvalue weighted by Crippen LogP contribution is 2.26. The number of benzene rings is 3. The number of carboxylic acids is 1. The lowest BCUT2D eigenvalue weighted by molar-refractivity contribution is -0.255. The fraction of sp³-hybridized carbons (Fsp3) is 0. The third-order valence-electron chi connectivity index (χ3n) is 4.04. The summed E-state index contributed by atoms with van der Waals surface area (Å²) in [6.07, 6.45) is 0. The van der Waals surface area contributed by atoms with Crippen molar-refractivity contribution >= 4 is 75.6 Å². The van der Waals surface area contributed by atoms with Gasteiger partial charge in [-0.25, -0.2) is 0 Å². The maximum absolute atomic E-state index is 12.5. The van der Waals surface area contributed by atoms with Gasteiger partial charge in [0.15, 0.2) is 0 Å². The van der Waals surface area contributed by atoms with E-state index in [4.69, 9.17) is 46.4 Å². The van der Waals surface area contributed by atoms with Crippen LogP contribution in [0.2, 0.25) is 20.1 Å². The highest BCUT2D eigenvalue weighted by Gasteiger charge is 2.15. The van der Waals surface area contributed by atoms with Crippen LogP contribution in [-0.2, 0) is 0 Å². The number of nitrogens with one attached hydrogen (secondary N) is 2. The third kappa shape index (κ3) is 5.68. The molecule has 10 heteroatoms. The number of hydrogen-bond donors (Lipinski definition) is 2. The highest BCUT2D eigenvalue weighted by molar-refractivity contribution is 6.38. The van der Waals surface area contributed by atoms with Crippen LogP contribution in [0.3, 0.4) is 0 Å². The van der Waals surface area contributed by atoms with Crippen molar-refractivity contribution in [1.82, 2.24) is 0 Å². The molecule has 0 heterocycles. The van der Waals surface area contributed by atoms with Crippen LogP contribution in [0.5, 0.6) is 0 Å². The zero-order chi connectivity index (χ0) is 22.7. The van der Waals surface area contributed by atoms with E-state index < -0.39 is 17.8 Å². The van der Waals surface area contributed by atoms with Crippen LogP contribution in [0.4, 0.5) is 11.4 Å². The van der Waals surface area contributed by atoms with Gasteiger partial charge in [0, 0.05) is 27.0 Å². The van der Waals surface area contributed by atoms with Gasteiger partial charge in [0.1, 0.15) is 0 Å². The minimum atomic E-state index is -1.50. The molecule has 0 fully saturated rings. The molecule has 0 saturated heterocycles. The van der Waals surface area contributed by atoms with Crippen molar-refractivity contribution in [2.24, 2.45) is 0 Å². The Morgan fingerprint density at radius 2 is 1.06 bits per heavy atom. The maximum Gasteiger partial charge on any atom is 0.257 e. The summed E-state index contributed by atoms with van der Waals surface area (Å²) in [7, 11) is 0. The standard InChI is InChI=1S/C21H12Cl4N2O4/c22-11-1-3-15(17(24)7-11)19(28)26-13-5-10(21(30)31)6-14(9-13)27-20(29)16-4-2-12(23)8-18(16)25/h1-9H,(H,26,28)(H,27,29)(H,30,31)/p-1. The molecule has 0 aliphatic carbocycles. The lowest BCUT2D eigenvalue weighted by Gasteiger charge is -2.13. The van der Waals surface area contributed by atoms with E-state index in [2.05, 4.69) is 10.6 Å². The van der Waals surface area contributed by atoms with Crippen molar-refractivity contribution in [1.29, 1.82) is 0 Å². The molecular formula is C21H11Cl4N2O4-. The second kappa shape index (κ2) is 9.58. The van der Waals surface area contributed by atoms with Gasteiger partial charge in [-0.15, -0.1) is 0 Å². The largest absolute Gasteiger partial charge is 0.545 e. The average molecular weight is 497 g/mol. The molecule has 3 aromatic carbocycles. The number of halogens is 4. The van der Waals surface area contributed by atoms with Crippen molar-refractivity contribution in [2.45, 2.75) is 0 Å². The summed E-state index contributed by atoms with van der Waals surface area (Å²) < 4.78 is 0. The first-order chi connectivity index (χ1) is 14.6. The molecule has 31 heavy (non-hydrogen) atoms. The third-order valence-corrected chi connectivity index (χ3v) is 5.13. The lowest BCUT2D eigenvalue weighted by atomic mass is 10.1. The molecule has 0 radical (unpaired) electrons. The fourth-order valence-corrected chi connectivity index (χ4v) is 3.62. The topological polar surface area (TPSA) is 98.3 Å². The van der Waals surface area contributed by atoms with Gasteiger partial charge in [-0.05, 0) is 54.6 Å². The number of aromatic carboxylic acids is 1. The van der Waals surface area contributed by atoms with E-state index >= 15 is 0 Å². The molecule has 0 aliphatic heterocycles. The van der Waals surface area contributed by atoms with Crippen LogP contribution in [0.25, 0.3) is 0 Å². The smallest absolute Gasteiger partial charge is 0.257 e. The Morgan fingerprint density at radius 1 is 0.645 bits per heavy atom. The number of carbonyl (C=O) groups is 3. The van der Waals surface area contributed by atoms with Crippen molar-refractivity contribution in [3.05, 3.63) is 91.4 Å². The fourth-order valence-electron chi connectivity index (χ4n) is 2.63. The number of carboxylic acid groups (broad SMARTS) is 1. The van der Waals surface area contributed by atoms with Gasteiger partial charge in [0.05, 0.1) is 27.1 Å². The van der Waals surface area contributed by atoms with E-state index in [1.165, 1.54) is 54.6 Å². The first-order valence-electron chi connectivity index (χ1n) is 8.53. The van der Waals surface area contributed by atoms with Crippen LogP contribution in [0, 0.1) is 0 Å². The molecular weight excluding hydrogens is 486 g/mol. The Kier molecular flexibility index (Phi) is 7.08. The van der Waals surface area contributed by atoms with Crippen LogP contribution in [-0.4, -0.2) is 17.8 Å². The molecule has 0 aliphatic rings. The second-order valence-electron chi connectivity index (χ2n) is 6.24. The SMILES string of the molecule is O=C([O-])c1cc(NC(=O)c2ccc(Cl)cc2Cl)cc(NC(=O)c2ccc(Cl)cc2Cl)c1. The van der Waals surface area contributed by atoms with Crippen molar-refractivity contribution in [2.75, 3.05) is 10.6 Å². The molecule has 2 N–H and O–H groups in total. The molecule has 3 rings (SSSR count). The molecule has 6 nitrogen and oxygen atoms in total. The minimum absolute atomic E-state index is 0.0928. The van der Waals surface area contributed by atoms with Crippen LogP contribution in [0.15, 0.2) is 54.6 Å². The molecule has 0 unspecified atom stereocenters. The Labute approximate surface area is 196 Å². The Bertz CT molecular complexity index is 1130. The number of anilines is 2. The molecule has 0 aromatic heterocycles. The second-order valence-corrected chi connectivity index (χ2v) is 7.93. The van der Waals surface area contributed by atoms with Gasteiger partial charge < -0.3 is 20.5 Å². The summed E-state index contributed by atoms with van der Waals surface area (Å²) in [6, 6.07) is 12.4. The summed E-state index contributed by atoms with van der Waals surface area (Å²) in [5.74, 6) is -2.70. The van der Waals surface area contributed by atoms with Crippen LogP contribution >= 0.6 is 46.4 Å². The number of rotatable bonds is 5. The number of carbonyl (C=O) groups excluding carboxylic acids is 3. The van der Waals surface area contributed by atoms with E-state index in [1.54, 1.807) is 0 Å². The van der Waals surface area contributed by atoms with E-state index in [0.29, 0.717) is 10.0 Å². The van der Waals surface area contributed by atoms with Gasteiger partial charge >= 0.3 is 0 Å². The predicted molar refractivity (Wildman–Crippen MR) is 120 cm³/mol. The molecule has 3 aromatic rings. The van der Waals surface area contributed by atoms with Gasteiger partial charge in [0.25, 0.3) is 11.8 Å². The van der Waals surface area contributed by atoms with Crippen LogP contribution in [0.1, 0.15) is 31.1 Å². The molecule has 0 saturated carbocycles. The predicted octanol–water partition coefficient (Wildman–Crippen LogP) is 5.17. The van der Waals surface area contributed by atoms with E-state index in [9.17, 15) is 19.5 Å². The molecule has 2 amide bonds. The Balaban J connectivity index is 1.89. The Morgan fingerprint density at radius 3 is 1.42 bits per heavy atom. The summed E-state index contributed by atoms with van der Waals surface area (Å²) in [6.45, 7) is 0. The van der Waals surface area contributed by atoms with Gasteiger partial charge in [-0.3, -0.25) is 9.59 Å². The normalized spacial score (nSPS) is 10.5. The van der Waals surface area contributed by atoms with Gasteiger partial charge in [0.2, 0.25) is 0 Å². The van der Waals surface area contributed by atoms with Crippen molar-refractivity contribution < 1.29 is 19.5 Å². The molecule has 0 spiro atoms. The first kappa shape index (κ1) is 22.9. The quantitative estimate of drug-likeness (QED) is 0.509.